The molecule has 1 aliphatic heterocycles. The van der Waals surface area contributed by atoms with Crippen molar-refractivity contribution in [2.45, 2.75) is 44.0 Å². The number of carbonyl (C=O) groups is 1. The average Bonchev–Trinajstić information content (AvgIpc) is 2.77. The number of ether oxygens (including phenoxy) is 1. The second kappa shape index (κ2) is 10.2. The fourth-order valence-electron chi connectivity index (χ4n) is 3.50. The van der Waals surface area contributed by atoms with Crippen molar-refractivity contribution < 1.29 is 17.9 Å². The average molecular weight is 463 g/mol. The van der Waals surface area contributed by atoms with E-state index in [0.717, 1.165) is 5.56 Å². The number of sulfonamides is 1. The Morgan fingerprint density at radius 2 is 1.61 bits per heavy atom. The molecule has 168 valence electrons. The van der Waals surface area contributed by atoms with Gasteiger partial charge in [-0.15, -0.1) is 11.8 Å². The van der Waals surface area contributed by atoms with Gasteiger partial charge in [0.05, 0.1) is 23.9 Å². The van der Waals surface area contributed by atoms with Gasteiger partial charge in [0.15, 0.2) is 0 Å². The lowest BCUT2D eigenvalue weighted by atomic mass is 10.0. The molecule has 1 fully saturated rings. The maximum atomic E-state index is 12.7. The summed E-state index contributed by atoms with van der Waals surface area (Å²) in [6.07, 6.45) is 0. The fraction of sp³-hybridized carbons (Fsp3) is 0.435. The second-order valence-electron chi connectivity index (χ2n) is 7.82. The van der Waals surface area contributed by atoms with Crippen molar-refractivity contribution in [3.8, 4) is 0 Å². The number of hydrogen-bond donors (Lipinski definition) is 1. The number of thioether (sulfide) groups is 1. The summed E-state index contributed by atoms with van der Waals surface area (Å²) in [6, 6.07) is 8.88. The molecule has 0 aliphatic carbocycles. The van der Waals surface area contributed by atoms with Crippen molar-refractivity contribution in [3.63, 3.8) is 0 Å². The zero-order valence-electron chi connectivity index (χ0n) is 18.5. The molecule has 0 saturated carbocycles. The topological polar surface area (TPSA) is 75.7 Å². The normalized spacial score (nSPS) is 15.1. The van der Waals surface area contributed by atoms with E-state index in [1.165, 1.54) is 31.5 Å². The van der Waals surface area contributed by atoms with Crippen LogP contribution >= 0.6 is 11.8 Å². The maximum Gasteiger partial charge on any atom is 0.243 e. The molecule has 0 aromatic heterocycles. The predicted molar refractivity (Wildman–Crippen MR) is 124 cm³/mol. The van der Waals surface area contributed by atoms with E-state index in [2.05, 4.69) is 39.1 Å². The number of aryl methyl sites for hydroxylation is 2. The standard InChI is InChI=1S/C23H30N2O4S2/c1-16-13-17(2)19(4)23(18(16)3)30-15-22(26)24-14-20-5-7-21(8-6-20)31(27,28)25-9-11-29-12-10-25/h5-8,13H,9-12,14-15H2,1-4H3,(H,24,26). The molecule has 1 N–H and O–H groups in total. The third kappa shape index (κ3) is 5.68. The summed E-state index contributed by atoms with van der Waals surface area (Å²) >= 11 is 1.56. The van der Waals surface area contributed by atoms with Crippen LogP contribution in [0.4, 0.5) is 0 Å². The molecule has 1 saturated heterocycles. The van der Waals surface area contributed by atoms with Crippen LogP contribution in [0.3, 0.4) is 0 Å². The summed E-state index contributed by atoms with van der Waals surface area (Å²) in [5, 5.41) is 2.92. The molecular formula is C23H30N2O4S2. The van der Waals surface area contributed by atoms with Gasteiger partial charge < -0.3 is 10.1 Å². The summed E-state index contributed by atoms with van der Waals surface area (Å²) in [6.45, 7) is 10.3. The van der Waals surface area contributed by atoms with Gasteiger partial charge in [0.2, 0.25) is 15.9 Å². The Morgan fingerprint density at radius 3 is 2.19 bits per heavy atom. The highest BCUT2D eigenvalue weighted by Crippen LogP contribution is 2.30. The lowest BCUT2D eigenvalue weighted by molar-refractivity contribution is -0.118. The van der Waals surface area contributed by atoms with Gasteiger partial charge in [-0.05, 0) is 67.6 Å². The molecule has 0 atom stereocenters. The Balaban J connectivity index is 1.55. The van der Waals surface area contributed by atoms with Gasteiger partial charge in [-0.2, -0.15) is 4.31 Å². The smallest absolute Gasteiger partial charge is 0.243 e. The zero-order chi connectivity index (χ0) is 22.6. The van der Waals surface area contributed by atoms with Gasteiger partial charge in [0.25, 0.3) is 0 Å². The van der Waals surface area contributed by atoms with Gasteiger partial charge in [-0.25, -0.2) is 8.42 Å². The van der Waals surface area contributed by atoms with Crippen molar-refractivity contribution in [2.24, 2.45) is 0 Å². The van der Waals surface area contributed by atoms with Crippen molar-refractivity contribution in [3.05, 3.63) is 58.1 Å². The maximum absolute atomic E-state index is 12.7. The van der Waals surface area contributed by atoms with Crippen LogP contribution in [0.5, 0.6) is 0 Å². The highest BCUT2D eigenvalue weighted by Gasteiger charge is 2.26. The minimum Gasteiger partial charge on any atom is -0.379 e. The summed E-state index contributed by atoms with van der Waals surface area (Å²) in [5.41, 5.74) is 5.77. The van der Waals surface area contributed by atoms with E-state index in [0.29, 0.717) is 38.6 Å². The lowest BCUT2D eigenvalue weighted by Gasteiger charge is -2.26. The van der Waals surface area contributed by atoms with Crippen LogP contribution in [0, 0.1) is 27.7 Å². The molecule has 0 spiro atoms. The minimum atomic E-state index is -3.50. The quantitative estimate of drug-likeness (QED) is 0.639. The van der Waals surface area contributed by atoms with Gasteiger partial charge in [-0.3, -0.25) is 4.79 Å². The van der Waals surface area contributed by atoms with Crippen molar-refractivity contribution in [2.75, 3.05) is 32.1 Å². The van der Waals surface area contributed by atoms with Crippen LogP contribution in [0.2, 0.25) is 0 Å². The van der Waals surface area contributed by atoms with Crippen LogP contribution in [0.1, 0.15) is 27.8 Å². The first-order chi connectivity index (χ1) is 14.7. The number of morpholine rings is 1. The van der Waals surface area contributed by atoms with E-state index < -0.39 is 10.0 Å². The van der Waals surface area contributed by atoms with E-state index >= 15 is 0 Å². The summed E-state index contributed by atoms with van der Waals surface area (Å²) in [7, 11) is -3.50. The van der Waals surface area contributed by atoms with Crippen molar-refractivity contribution >= 4 is 27.7 Å². The molecule has 2 aromatic carbocycles. The number of rotatable bonds is 7. The Labute approximate surface area is 189 Å². The number of amides is 1. The zero-order valence-corrected chi connectivity index (χ0v) is 20.2. The lowest BCUT2D eigenvalue weighted by Crippen LogP contribution is -2.40. The third-order valence-electron chi connectivity index (χ3n) is 5.67. The SMILES string of the molecule is Cc1cc(C)c(C)c(SCC(=O)NCc2ccc(S(=O)(=O)N3CCOCC3)cc2)c1C. The first-order valence-electron chi connectivity index (χ1n) is 10.3. The highest BCUT2D eigenvalue weighted by atomic mass is 32.2. The summed E-state index contributed by atoms with van der Waals surface area (Å²) < 4.78 is 32.0. The van der Waals surface area contributed by atoms with Gasteiger partial charge >= 0.3 is 0 Å². The Bertz CT molecular complexity index is 1020. The number of benzene rings is 2. The van der Waals surface area contributed by atoms with Gasteiger partial charge in [0, 0.05) is 24.5 Å². The molecule has 1 heterocycles. The number of carbonyl (C=O) groups excluding carboxylic acids is 1. The summed E-state index contributed by atoms with van der Waals surface area (Å²) in [4.78, 5) is 13.8. The van der Waals surface area contributed by atoms with E-state index in [1.807, 2.05) is 0 Å². The van der Waals surface area contributed by atoms with Crippen molar-refractivity contribution in [1.82, 2.24) is 9.62 Å². The molecule has 1 amide bonds. The van der Waals surface area contributed by atoms with Gasteiger partial charge in [0.1, 0.15) is 0 Å². The fourth-order valence-corrected chi connectivity index (χ4v) is 6.04. The Kier molecular flexibility index (Phi) is 7.80. The molecular weight excluding hydrogens is 432 g/mol. The predicted octanol–water partition coefficient (Wildman–Crippen LogP) is 3.35. The first-order valence-corrected chi connectivity index (χ1v) is 12.8. The Morgan fingerprint density at radius 1 is 1.03 bits per heavy atom. The molecule has 6 nitrogen and oxygen atoms in total. The largest absolute Gasteiger partial charge is 0.379 e. The van der Waals surface area contributed by atoms with Crippen LogP contribution in [0.15, 0.2) is 40.1 Å². The molecule has 2 aromatic rings. The third-order valence-corrected chi connectivity index (χ3v) is 8.89. The first kappa shape index (κ1) is 23.8. The molecule has 8 heteroatoms. The molecule has 31 heavy (non-hydrogen) atoms. The van der Waals surface area contributed by atoms with E-state index in [4.69, 9.17) is 4.74 Å². The van der Waals surface area contributed by atoms with Crippen molar-refractivity contribution in [1.29, 1.82) is 0 Å². The number of nitrogens with one attached hydrogen (secondary N) is 1. The van der Waals surface area contributed by atoms with Crippen LogP contribution in [0.25, 0.3) is 0 Å². The molecule has 0 unspecified atom stereocenters. The number of nitrogens with zero attached hydrogens (tertiary/aromatic N) is 1. The van der Waals surface area contributed by atoms with Crippen LogP contribution < -0.4 is 5.32 Å². The van der Waals surface area contributed by atoms with E-state index in [1.54, 1.807) is 36.0 Å². The second-order valence-corrected chi connectivity index (χ2v) is 10.7. The van der Waals surface area contributed by atoms with Crippen LogP contribution in [-0.2, 0) is 26.1 Å². The number of hydrogen-bond acceptors (Lipinski definition) is 5. The molecule has 3 rings (SSSR count). The minimum absolute atomic E-state index is 0.0482. The molecule has 1 aliphatic rings. The molecule has 0 radical (unpaired) electrons. The van der Waals surface area contributed by atoms with E-state index in [9.17, 15) is 13.2 Å². The van der Waals surface area contributed by atoms with E-state index in [-0.39, 0.29) is 10.8 Å². The van der Waals surface area contributed by atoms with Gasteiger partial charge in [-0.1, -0.05) is 18.2 Å². The molecule has 0 bridgehead atoms. The summed E-state index contributed by atoms with van der Waals surface area (Å²) in [5.74, 6) is 0.293. The Hall–Kier alpha value is -1.87. The monoisotopic (exact) mass is 462 g/mol. The highest BCUT2D eigenvalue weighted by molar-refractivity contribution is 8.00. The van der Waals surface area contributed by atoms with Crippen LogP contribution in [-0.4, -0.2) is 50.7 Å².